The highest BCUT2D eigenvalue weighted by atomic mass is 16.6. The third kappa shape index (κ3) is 1.86. The summed E-state index contributed by atoms with van der Waals surface area (Å²) in [5, 5.41) is 9.69. The summed E-state index contributed by atoms with van der Waals surface area (Å²) in [5.74, 6) is 0.482. The molecule has 0 aromatic carbocycles. The van der Waals surface area contributed by atoms with Gasteiger partial charge in [-0.05, 0) is 39.5 Å². The van der Waals surface area contributed by atoms with E-state index in [-0.39, 0.29) is 23.7 Å². The first-order chi connectivity index (χ1) is 8.82. The second-order valence-corrected chi connectivity index (χ2v) is 7.17. The van der Waals surface area contributed by atoms with Gasteiger partial charge in [0.1, 0.15) is 5.60 Å². The smallest absolute Gasteiger partial charge is 0.410 e. The number of carbonyl (C=O) groups is 1. The Hall–Kier alpha value is -0.810. The fourth-order valence-electron chi connectivity index (χ4n) is 3.69. The number of ether oxygens (including phenoxy) is 2. The first kappa shape index (κ1) is 13.2. The van der Waals surface area contributed by atoms with Crippen molar-refractivity contribution in [3.05, 3.63) is 0 Å². The van der Waals surface area contributed by atoms with Crippen LogP contribution in [-0.4, -0.2) is 53.6 Å². The molecule has 0 aromatic rings. The van der Waals surface area contributed by atoms with Gasteiger partial charge < -0.3 is 19.5 Å². The van der Waals surface area contributed by atoms with Gasteiger partial charge in [0, 0.05) is 12.0 Å². The van der Waals surface area contributed by atoms with Gasteiger partial charge in [-0.25, -0.2) is 4.79 Å². The van der Waals surface area contributed by atoms with Crippen LogP contribution in [0.2, 0.25) is 0 Å². The Morgan fingerprint density at radius 1 is 1.53 bits per heavy atom. The molecule has 1 aliphatic carbocycles. The number of aliphatic hydroxyl groups is 1. The zero-order valence-corrected chi connectivity index (χ0v) is 11.9. The van der Waals surface area contributed by atoms with Crippen molar-refractivity contribution < 1.29 is 19.4 Å². The number of likely N-dealkylation sites (tertiary alicyclic amines) is 1. The molecule has 1 spiro atoms. The van der Waals surface area contributed by atoms with E-state index in [0.717, 1.165) is 19.4 Å². The van der Waals surface area contributed by atoms with Gasteiger partial charge >= 0.3 is 6.09 Å². The van der Waals surface area contributed by atoms with E-state index in [4.69, 9.17) is 9.47 Å². The fraction of sp³-hybridized carbons (Fsp3) is 0.929. The zero-order valence-electron chi connectivity index (χ0n) is 11.9. The molecule has 3 rings (SSSR count). The Morgan fingerprint density at radius 2 is 2.26 bits per heavy atom. The third-order valence-electron chi connectivity index (χ3n) is 4.87. The Balaban J connectivity index is 1.69. The monoisotopic (exact) mass is 269 g/mol. The molecule has 0 bridgehead atoms. The van der Waals surface area contributed by atoms with Crippen molar-refractivity contribution in [2.45, 2.75) is 44.8 Å². The maximum absolute atomic E-state index is 12.1. The van der Waals surface area contributed by atoms with E-state index in [1.807, 2.05) is 20.8 Å². The Kier molecular flexibility index (Phi) is 2.68. The number of carbonyl (C=O) groups excluding carboxylic acids is 1. The fourth-order valence-corrected chi connectivity index (χ4v) is 3.69. The van der Waals surface area contributed by atoms with Gasteiger partial charge in [-0.1, -0.05) is 0 Å². The third-order valence-corrected chi connectivity index (χ3v) is 4.87. The largest absolute Gasteiger partial charge is 0.444 e. The van der Waals surface area contributed by atoms with Crippen molar-refractivity contribution in [1.82, 2.24) is 4.90 Å². The molecule has 3 fully saturated rings. The molecule has 3 unspecified atom stereocenters. The minimum atomic E-state index is -0.472. The van der Waals surface area contributed by atoms with E-state index in [1.165, 1.54) is 0 Å². The lowest BCUT2D eigenvalue weighted by molar-refractivity contribution is -0.0607. The van der Waals surface area contributed by atoms with Crippen LogP contribution >= 0.6 is 0 Å². The van der Waals surface area contributed by atoms with Gasteiger partial charge in [0.2, 0.25) is 0 Å². The molecule has 3 aliphatic rings. The molecule has 2 aliphatic heterocycles. The first-order valence-electron chi connectivity index (χ1n) is 7.05. The second-order valence-electron chi connectivity index (χ2n) is 7.17. The minimum absolute atomic E-state index is 0.0935. The lowest BCUT2D eigenvalue weighted by Crippen LogP contribution is -2.45. The molecule has 5 heteroatoms. The first-order valence-corrected chi connectivity index (χ1v) is 7.05. The van der Waals surface area contributed by atoms with Crippen molar-refractivity contribution in [3.8, 4) is 0 Å². The molecular formula is C14H23NO4. The van der Waals surface area contributed by atoms with Gasteiger partial charge in [0.15, 0.2) is 0 Å². The van der Waals surface area contributed by atoms with Crippen molar-refractivity contribution in [2.75, 3.05) is 26.3 Å². The Labute approximate surface area is 113 Å². The second kappa shape index (κ2) is 3.85. The number of rotatable bonds is 1. The summed E-state index contributed by atoms with van der Waals surface area (Å²) in [7, 11) is 0. The lowest BCUT2D eigenvalue weighted by Gasteiger charge is -2.33. The van der Waals surface area contributed by atoms with Crippen molar-refractivity contribution in [3.63, 3.8) is 0 Å². The van der Waals surface area contributed by atoms with Crippen LogP contribution in [0.4, 0.5) is 4.79 Å². The normalized spacial score (nSPS) is 40.6. The van der Waals surface area contributed by atoms with Crippen LogP contribution in [0.3, 0.4) is 0 Å². The number of aliphatic hydroxyl groups excluding tert-OH is 1. The predicted molar refractivity (Wildman–Crippen MR) is 68.7 cm³/mol. The summed E-state index contributed by atoms with van der Waals surface area (Å²) in [5.41, 5.74) is -0.896. The average molecular weight is 269 g/mol. The van der Waals surface area contributed by atoms with E-state index in [2.05, 4.69) is 0 Å². The summed E-state index contributed by atoms with van der Waals surface area (Å²) in [6.07, 6.45) is 1.57. The molecular weight excluding hydrogens is 246 g/mol. The maximum atomic E-state index is 12.1. The number of hydrogen-bond acceptors (Lipinski definition) is 4. The highest BCUT2D eigenvalue weighted by Crippen LogP contribution is 2.67. The van der Waals surface area contributed by atoms with Crippen LogP contribution in [-0.2, 0) is 9.47 Å². The van der Waals surface area contributed by atoms with Crippen molar-refractivity contribution in [2.24, 2.45) is 11.3 Å². The van der Waals surface area contributed by atoms with E-state index in [1.54, 1.807) is 4.90 Å². The maximum Gasteiger partial charge on any atom is 0.410 e. The van der Waals surface area contributed by atoms with Gasteiger partial charge in [-0.3, -0.25) is 0 Å². The van der Waals surface area contributed by atoms with Crippen LogP contribution in [0, 0.1) is 11.3 Å². The highest BCUT2D eigenvalue weighted by Gasteiger charge is 2.73. The molecule has 3 atom stereocenters. The van der Waals surface area contributed by atoms with Crippen molar-refractivity contribution in [1.29, 1.82) is 0 Å². The average Bonchev–Trinajstić information content (AvgIpc) is 2.76. The molecule has 2 saturated heterocycles. The van der Waals surface area contributed by atoms with Crippen LogP contribution in [0.25, 0.3) is 0 Å². The van der Waals surface area contributed by atoms with Crippen LogP contribution in [0.1, 0.15) is 33.6 Å². The van der Waals surface area contributed by atoms with E-state index in [0.29, 0.717) is 19.0 Å². The standard InChI is InChI=1S/C14H23NO4/c1-12(2,3)19-11(17)15-5-4-14(8-15)13(9-16)6-10(13)7-18-14/h10,16H,4-9H2,1-3H3. The van der Waals surface area contributed by atoms with Gasteiger partial charge in [-0.15, -0.1) is 0 Å². The summed E-state index contributed by atoms with van der Waals surface area (Å²) in [4.78, 5) is 13.8. The van der Waals surface area contributed by atoms with E-state index < -0.39 is 5.60 Å². The number of fused-ring (bicyclic) bond motifs is 2. The van der Waals surface area contributed by atoms with E-state index in [9.17, 15) is 9.90 Å². The number of amides is 1. The molecule has 2 heterocycles. The summed E-state index contributed by atoms with van der Waals surface area (Å²) in [6, 6.07) is 0. The summed E-state index contributed by atoms with van der Waals surface area (Å²) in [6.45, 7) is 7.71. The summed E-state index contributed by atoms with van der Waals surface area (Å²) >= 11 is 0. The highest BCUT2D eigenvalue weighted by molar-refractivity contribution is 5.69. The number of hydrogen-bond donors (Lipinski definition) is 1. The number of nitrogens with zero attached hydrogens (tertiary/aromatic N) is 1. The molecule has 1 amide bonds. The summed E-state index contributed by atoms with van der Waals surface area (Å²) < 4.78 is 11.4. The SMILES string of the molecule is CC(C)(C)OC(=O)N1CCC2(C1)OCC1CC12CO. The van der Waals surface area contributed by atoms with Crippen LogP contribution < -0.4 is 0 Å². The quantitative estimate of drug-likeness (QED) is 0.781. The Bertz CT molecular complexity index is 401. The van der Waals surface area contributed by atoms with Gasteiger partial charge in [0.25, 0.3) is 0 Å². The molecule has 0 aromatic heterocycles. The Morgan fingerprint density at radius 3 is 2.84 bits per heavy atom. The lowest BCUT2D eigenvalue weighted by atomic mass is 9.83. The zero-order chi connectivity index (χ0) is 13.9. The van der Waals surface area contributed by atoms with Crippen LogP contribution in [0.15, 0.2) is 0 Å². The molecule has 19 heavy (non-hydrogen) atoms. The molecule has 0 radical (unpaired) electrons. The van der Waals surface area contributed by atoms with E-state index >= 15 is 0 Å². The van der Waals surface area contributed by atoms with Crippen LogP contribution in [0.5, 0.6) is 0 Å². The molecule has 1 saturated carbocycles. The molecule has 1 N–H and O–H groups in total. The van der Waals surface area contributed by atoms with Crippen molar-refractivity contribution >= 4 is 6.09 Å². The van der Waals surface area contributed by atoms with Gasteiger partial charge in [0.05, 0.1) is 25.4 Å². The topological polar surface area (TPSA) is 59.0 Å². The predicted octanol–water partition coefficient (Wildman–Crippen LogP) is 1.39. The molecule has 5 nitrogen and oxygen atoms in total. The molecule has 108 valence electrons. The minimum Gasteiger partial charge on any atom is -0.444 e. The van der Waals surface area contributed by atoms with Gasteiger partial charge in [-0.2, -0.15) is 0 Å².